The highest BCUT2D eigenvalue weighted by molar-refractivity contribution is 5.78. The predicted octanol–water partition coefficient (Wildman–Crippen LogP) is 3.77. The molecule has 196 valence electrons. The lowest BCUT2D eigenvalue weighted by Crippen LogP contribution is -2.45. The van der Waals surface area contributed by atoms with Crippen LogP contribution in [0.3, 0.4) is 0 Å². The predicted molar refractivity (Wildman–Crippen MR) is 142 cm³/mol. The number of hydrogen-bond donors (Lipinski definition) is 1. The first-order valence-corrected chi connectivity index (χ1v) is 12.8. The number of pyridine rings is 1. The molecule has 2 heterocycles. The van der Waals surface area contributed by atoms with E-state index >= 15 is 0 Å². The van der Waals surface area contributed by atoms with E-state index in [9.17, 15) is 9.18 Å². The minimum Gasteiger partial charge on any atom is -0.494 e. The maximum atomic E-state index is 14.8. The second-order valence-corrected chi connectivity index (χ2v) is 9.17. The molecule has 1 aliphatic heterocycles. The Morgan fingerprint density at radius 3 is 2.59 bits per heavy atom. The quantitative estimate of drug-likeness (QED) is 0.427. The van der Waals surface area contributed by atoms with E-state index in [1.165, 1.54) is 6.07 Å². The molecular formula is C29H35FN4O3. The Morgan fingerprint density at radius 1 is 1.05 bits per heavy atom. The Balaban J connectivity index is 1.27. The first kappa shape index (κ1) is 26.6. The zero-order chi connectivity index (χ0) is 26.0. The van der Waals surface area contributed by atoms with Crippen LogP contribution in [0.2, 0.25) is 0 Å². The third kappa shape index (κ3) is 7.74. The van der Waals surface area contributed by atoms with Crippen LogP contribution < -0.4 is 14.8 Å². The van der Waals surface area contributed by atoms with Crippen molar-refractivity contribution < 1.29 is 18.7 Å². The number of nitrogens with zero attached hydrogens (tertiary/aromatic N) is 3. The number of ether oxygens (including phenoxy) is 2. The standard InChI is InChI=1S/C29H35FN4O3/c1-3-36-28-7-5-4-6-23(28)21-32-29(35)18-24-9-8-22(20-31-24)26-11-10-25(19-27(26)30)37-17-16-34-14-12-33(2)13-15-34/h4-11,19-20H,3,12-18,21H2,1-2H3,(H,32,35). The molecule has 1 N–H and O–H groups in total. The normalized spacial score (nSPS) is 14.4. The molecule has 0 aliphatic carbocycles. The SMILES string of the molecule is CCOc1ccccc1CNC(=O)Cc1ccc(-c2ccc(OCCN3CCN(C)CC3)cc2F)cn1. The maximum absolute atomic E-state index is 14.8. The molecule has 1 aliphatic rings. The summed E-state index contributed by atoms with van der Waals surface area (Å²) in [5.41, 5.74) is 2.63. The van der Waals surface area contributed by atoms with Gasteiger partial charge in [-0.2, -0.15) is 0 Å². The van der Waals surface area contributed by atoms with E-state index in [-0.39, 0.29) is 18.1 Å². The van der Waals surface area contributed by atoms with Gasteiger partial charge in [0.05, 0.1) is 13.0 Å². The number of piperazine rings is 1. The molecule has 0 saturated carbocycles. The Morgan fingerprint density at radius 2 is 1.86 bits per heavy atom. The van der Waals surface area contributed by atoms with Crippen molar-refractivity contribution in [2.45, 2.75) is 19.9 Å². The van der Waals surface area contributed by atoms with Gasteiger partial charge < -0.3 is 19.7 Å². The number of rotatable bonds is 11. The van der Waals surface area contributed by atoms with Gasteiger partial charge in [-0.3, -0.25) is 14.7 Å². The van der Waals surface area contributed by atoms with E-state index in [0.29, 0.717) is 42.3 Å². The van der Waals surface area contributed by atoms with E-state index in [4.69, 9.17) is 9.47 Å². The monoisotopic (exact) mass is 506 g/mol. The second-order valence-electron chi connectivity index (χ2n) is 9.17. The fraction of sp³-hybridized carbons (Fsp3) is 0.379. The molecule has 2 aromatic carbocycles. The molecule has 1 amide bonds. The average molecular weight is 507 g/mol. The van der Waals surface area contributed by atoms with Gasteiger partial charge in [-0.15, -0.1) is 0 Å². The highest BCUT2D eigenvalue weighted by Gasteiger charge is 2.14. The van der Waals surface area contributed by atoms with Crippen LogP contribution in [0, 0.1) is 5.82 Å². The van der Waals surface area contributed by atoms with Crippen LogP contribution in [0.4, 0.5) is 4.39 Å². The van der Waals surface area contributed by atoms with Gasteiger partial charge >= 0.3 is 0 Å². The third-order valence-electron chi connectivity index (χ3n) is 6.44. The first-order chi connectivity index (χ1) is 18.0. The topological polar surface area (TPSA) is 66.9 Å². The van der Waals surface area contributed by atoms with Gasteiger partial charge in [0.1, 0.15) is 23.9 Å². The summed E-state index contributed by atoms with van der Waals surface area (Å²) in [7, 11) is 2.13. The van der Waals surface area contributed by atoms with Crippen molar-refractivity contribution in [2.75, 3.05) is 53.0 Å². The summed E-state index contributed by atoms with van der Waals surface area (Å²) < 4.78 is 26.2. The summed E-state index contributed by atoms with van der Waals surface area (Å²) in [6, 6.07) is 16.1. The van der Waals surface area contributed by atoms with Crippen LogP contribution in [-0.4, -0.2) is 73.7 Å². The molecule has 8 heteroatoms. The molecule has 0 radical (unpaired) electrons. The molecule has 0 spiro atoms. The van der Waals surface area contributed by atoms with Gasteiger partial charge in [0.2, 0.25) is 5.91 Å². The van der Waals surface area contributed by atoms with Crippen LogP contribution in [0.15, 0.2) is 60.8 Å². The average Bonchev–Trinajstić information content (AvgIpc) is 2.90. The number of carbonyl (C=O) groups excluding carboxylic acids is 1. The third-order valence-corrected chi connectivity index (χ3v) is 6.44. The van der Waals surface area contributed by atoms with Crippen molar-refractivity contribution in [1.29, 1.82) is 0 Å². The Kier molecular flexibility index (Phi) is 9.46. The lowest BCUT2D eigenvalue weighted by atomic mass is 10.1. The van der Waals surface area contributed by atoms with E-state index in [1.54, 1.807) is 30.5 Å². The van der Waals surface area contributed by atoms with E-state index < -0.39 is 0 Å². The number of amides is 1. The van der Waals surface area contributed by atoms with Crippen molar-refractivity contribution in [3.8, 4) is 22.6 Å². The lowest BCUT2D eigenvalue weighted by molar-refractivity contribution is -0.120. The molecule has 4 rings (SSSR count). The highest BCUT2D eigenvalue weighted by Crippen LogP contribution is 2.26. The summed E-state index contributed by atoms with van der Waals surface area (Å²) in [6.45, 7) is 8.39. The summed E-state index contributed by atoms with van der Waals surface area (Å²) in [5.74, 6) is 0.775. The van der Waals surface area contributed by atoms with E-state index in [2.05, 4.69) is 27.1 Å². The summed E-state index contributed by atoms with van der Waals surface area (Å²) in [6.07, 6.45) is 1.74. The van der Waals surface area contributed by atoms with Crippen molar-refractivity contribution in [2.24, 2.45) is 0 Å². The second kappa shape index (κ2) is 13.2. The summed E-state index contributed by atoms with van der Waals surface area (Å²) in [5, 5.41) is 2.91. The number of benzene rings is 2. The number of para-hydroxylation sites is 1. The van der Waals surface area contributed by atoms with Crippen molar-refractivity contribution in [3.05, 3.63) is 77.9 Å². The highest BCUT2D eigenvalue weighted by atomic mass is 19.1. The smallest absolute Gasteiger partial charge is 0.226 e. The molecule has 7 nitrogen and oxygen atoms in total. The molecule has 0 bridgehead atoms. The number of likely N-dealkylation sites (N-methyl/N-ethyl adjacent to an activating group) is 1. The van der Waals surface area contributed by atoms with Crippen LogP contribution in [0.5, 0.6) is 11.5 Å². The van der Waals surface area contributed by atoms with Crippen molar-refractivity contribution >= 4 is 5.91 Å². The Bertz CT molecular complexity index is 1160. The zero-order valence-corrected chi connectivity index (χ0v) is 21.6. The van der Waals surface area contributed by atoms with Crippen LogP contribution in [0.25, 0.3) is 11.1 Å². The van der Waals surface area contributed by atoms with Crippen molar-refractivity contribution in [1.82, 2.24) is 20.1 Å². The van der Waals surface area contributed by atoms with Gasteiger partial charge in [-0.25, -0.2) is 4.39 Å². The number of halogens is 1. The van der Waals surface area contributed by atoms with Crippen molar-refractivity contribution in [3.63, 3.8) is 0 Å². The van der Waals surface area contributed by atoms with Crippen LogP contribution >= 0.6 is 0 Å². The number of hydrogen-bond acceptors (Lipinski definition) is 6. The van der Waals surface area contributed by atoms with Crippen LogP contribution in [-0.2, 0) is 17.8 Å². The Labute approximate surface area is 218 Å². The first-order valence-electron chi connectivity index (χ1n) is 12.8. The number of nitrogens with one attached hydrogen (secondary N) is 1. The molecule has 1 saturated heterocycles. The van der Waals surface area contributed by atoms with Crippen LogP contribution in [0.1, 0.15) is 18.2 Å². The van der Waals surface area contributed by atoms with Gasteiger partial charge in [-0.1, -0.05) is 24.3 Å². The van der Waals surface area contributed by atoms with Gasteiger partial charge in [0, 0.05) is 73.9 Å². The molecular weight excluding hydrogens is 471 g/mol. The number of carbonyl (C=O) groups is 1. The maximum Gasteiger partial charge on any atom is 0.226 e. The molecule has 0 unspecified atom stereocenters. The minimum atomic E-state index is -0.364. The number of aromatic nitrogens is 1. The van der Waals surface area contributed by atoms with Gasteiger partial charge in [0.15, 0.2) is 0 Å². The fourth-order valence-corrected chi connectivity index (χ4v) is 4.24. The molecule has 0 atom stereocenters. The minimum absolute atomic E-state index is 0.139. The molecule has 1 fully saturated rings. The van der Waals surface area contributed by atoms with Gasteiger partial charge in [0.25, 0.3) is 0 Å². The van der Waals surface area contributed by atoms with Gasteiger partial charge in [-0.05, 0) is 38.2 Å². The summed E-state index contributed by atoms with van der Waals surface area (Å²) >= 11 is 0. The lowest BCUT2D eigenvalue weighted by Gasteiger charge is -2.32. The molecule has 1 aromatic heterocycles. The summed E-state index contributed by atoms with van der Waals surface area (Å²) in [4.78, 5) is 21.5. The fourth-order valence-electron chi connectivity index (χ4n) is 4.24. The van der Waals surface area contributed by atoms with E-state index in [0.717, 1.165) is 44.0 Å². The van der Waals surface area contributed by atoms with E-state index in [1.807, 2.05) is 31.2 Å². The largest absolute Gasteiger partial charge is 0.494 e. The Hall–Kier alpha value is -3.49. The molecule has 37 heavy (non-hydrogen) atoms. The molecule has 3 aromatic rings. The zero-order valence-electron chi connectivity index (χ0n) is 21.6.